The Morgan fingerprint density at radius 3 is 2.53 bits per heavy atom. The van der Waals surface area contributed by atoms with Crippen LogP contribution in [0.1, 0.15) is 21.5 Å². The molecule has 0 fully saturated rings. The molecule has 5 rings (SSSR count). The topological polar surface area (TPSA) is 105 Å². The molecule has 0 bridgehead atoms. The number of hydrogen-bond donors (Lipinski definition) is 2. The SMILES string of the molecule is N=c1c(C(=O)NCCc2ccccc2)cc2c(=O)n3ccccc3nc2n1Cc1ccncc1. The summed E-state index contributed by atoms with van der Waals surface area (Å²) >= 11 is 0. The fourth-order valence-corrected chi connectivity index (χ4v) is 3.95. The number of nitrogens with one attached hydrogen (secondary N) is 2. The predicted octanol–water partition coefficient (Wildman–Crippen LogP) is 2.54. The van der Waals surface area contributed by atoms with Gasteiger partial charge in [-0.15, -0.1) is 0 Å². The molecule has 0 saturated carbocycles. The maximum absolute atomic E-state index is 13.3. The largest absolute Gasteiger partial charge is 0.352 e. The van der Waals surface area contributed by atoms with Gasteiger partial charge in [-0.05, 0) is 47.9 Å². The number of fused-ring (bicyclic) bond motifs is 2. The minimum absolute atomic E-state index is 0.00583. The lowest BCUT2D eigenvalue weighted by atomic mass is 10.1. The number of carbonyl (C=O) groups excluding carboxylic acids is 1. The highest BCUT2D eigenvalue weighted by Crippen LogP contribution is 2.12. The van der Waals surface area contributed by atoms with Crippen molar-refractivity contribution in [3.63, 3.8) is 0 Å². The lowest BCUT2D eigenvalue weighted by Gasteiger charge is -2.15. The summed E-state index contributed by atoms with van der Waals surface area (Å²) in [6.45, 7) is 0.693. The first-order valence-electron chi connectivity index (χ1n) is 10.9. The standard InChI is InChI=1S/C26H22N6O2/c27-23-20(25(33)29-14-11-18-6-2-1-3-7-18)16-21-24(32(23)17-19-9-12-28-13-10-19)30-22-8-4-5-15-31(22)26(21)34/h1-10,12-13,15-16,27H,11,14,17H2,(H,29,33). The molecule has 1 amide bonds. The summed E-state index contributed by atoms with van der Waals surface area (Å²) in [5.41, 5.74) is 2.66. The Balaban J connectivity index is 1.60. The van der Waals surface area contributed by atoms with Crippen LogP contribution in [-0.4, -0.2) is 31.4 Å². The summed E-state index contributed by atoms with van der Waals surface area (Å²) in [6.07, 6.45) is 5.64. The predicted molar refractivity (Wildman–Crippen MR) is 129 cm³/mol. The zero-order valence-corrected chi connectivity index (χ0v) is 18.3. The maximum Gasteiger partial charge on any atom is 0.267 e. The monoisotopic (exact) mass is 450 g/mol. The van der Waals surface area contributed by atoms with Crippen LogP contribution in [0.5, 0.6) is 0 Å². The van der Waals surface area contributed by atoms with Crippen LogP contribution < -0.4 is 16.4 Å². The molecule has 5 aromatic rings. The Bertz CT molecular complexity index is 1610. The first-order chi connectivity index (χ1) is 16.6. The molecule has 34 heavy (non-hydrogen) atoms. The average molecular weight is 451 g/mol. The van der Waals surface area contributed by atoms with Gasteiger partial charge in [-0.1, -0.05) is 36.4 Å². The van der Waals surface area contributed by atoms with Gasteiger partial charge in [-0.3, -0.25) is 24.4 Å². The summed E-state index contributed by atoms with van der Waals surface area (Å²) < 4.78 is 3.05. The molecule has 4 aromatic heterocycles. The molecule has 0 radical (unpaired) electrons. The minimum Gasteiger partial charge on any atom is -0.352 e. The van der Waals surface area contributed by atoms with Gasteiger partial charge in [0, 0.05) is 25.1 Å². The van der Waals surface area contributed by atoms with E-state index < -0.39 is 5.91 Å². The van der Waals surface area contributed by atoms with Crippen molar-refractivity contribution in [1.29, 1.82) is 5.41 Å². The third kappa shape index (κ3) is 4.09. The van der Waals surface area contributed by atoms with Crippen LogP contribution in [0.2, 0.25) is 0 Å². The summed E-state index contributed by atoms with van der Waals surface area (Å²) in [5.74, 6) is -0.399. The van der Waals surface area contributed by atoms with Gasteiger partial charge in [-0.2, -0.15) is 0 Å². The van der Waals surface area contributed by atoms with Crippen molar-refractivity contribution >= 4 is 22.6 Å². The average Bonchev–Trinajstić information content (AvgIpc) is 2.87. The number of hydrogen-bond acceptors (Lipinski definition) is 5. The van der Waals surface area contributed by atoms with Gasteiger partial charge < -0.3 is 9.88 Å². The lowest BCUT2D eigenvalue weighted by Crippen LogP contribution is -2.35. The second-order valence-corrected chi connectivity index (χ2v) is 7.92. The smallest absolute Gasteiger partial charge is 0.267 e. The normalized spacial score (nSPS) is 11.1. The Morgan fingerprint density at radius 2 is 1.74 bits per heavy atom. The number of amides is 1. The van der Waals surface area contributed by atoms with Gasteiger partial charge in [0.25, 0.3) is 11.5 Å². The van der Waals surface area contributed by atoms with Gasteiger partial charge in [0.2, 0.25) is 0 Å². The minimum atomic E-state index is -0.399. The molecule has 0 atom stereocenters. The van der Waals surface area contributed by atoms with E-state index in [0.717, 1.165) is 11.1 Å². The summed E-state index contributed by atoms with van der Waals surface area (Å²) in [4.78, 5) is 35.1. The van der Waals surface area contributed by atoms with Crippen molar-refractivity contribution in [3.05, 3.63) is 118 Å². The highest BCUT2D eigenvalue weighted by atomic mass is 16.1. The molecule has 0 unspecified atom stereocenters. The molecule has 1 aromatic carbocycles. The van der Waals surface area contributed by atoms with E-state index in [2.05, 4.69) is 15.3 Å². The summed E-state index contributed by atoms with van der Waals surface area (Å²) in [7, 11) is 0. The molecule has 0 aliphatic heterocycles. The molecular weight excluding hydrogens is 428 g/mol. The summed E-state index contributed by atoms with van der Waals surface area (Å²) in [5, 5.41) is 12.0. The van der Waals surface area contributed by atoms with Crippen molar-refractivity contribution in [2.75, 3.05) is 6.54 Å². The van der Waals surface area contributed by atoms with Crippen LogP contribution >= 0.6 is 0 Å². The molecule has 8 heteroatoms. The number of aromatic nitrogens is 4. The first kappa shape index (κ1) is 21.3. The van der Waals surface area contributed by atoms with Gasteiger partial charge in [0.05, 0.1) is 17.5 Å². The molecule has 168 valence electrons. The van der Waals surface area contributed by atoms with E-state index in [1.165, 1.54) is 10.5 Å². The van der Waals surface area contributed by atoms with E-state index in [1.54, 1.807) is 41.4 Å². The highest BCUT2D eigenvalue weighted by Gasteiger charge is 2.17. The second kappa shape index (κ2) is 9.11. The number of pyridine rings is 3. The molecule has 4 heterocycles. The van der Waals surface area contributed by atoms with E-state index >= 15 is 0 Å². The van der Waals surface area contributed by atoms with Crippen LogP contribution in [0.3, 0.4) is 0 Å². The van der Waals surface area contributed by atoms with Gasteiger partial charge >= 0.3 is 0 Å². The van der Waals surface area contributed by atoms with Crippen LogP contribution in [0.25, 0.3) is 16.7 Å². The molecule has 0 aliphatic rings. The van der Waals surface area contributed by atoms with Crippen molar-refractivity contribution in [2.45, 2.75) is 13.0 Å². The van der Waals surface area contributed by atoms with E-state index in [9.17, 15) is 9.59 Å². The third-order valence-corrected chi connectivity index (χ3v) is 5.70. The van der Waals surface area contributed by atoms with Gasteiger partial charge in [0.15, 0.2) is 0 Å². The molecule has 0 spiro atoms. The number of benzene rings is 1. The van der Waals surface area contributed by atoms with Crippen molar-refractivity contribution in [1.82, 2.24) is 24.3 Å². The first-order valence-corrected chi connectivity index (χ1v) is 10.9. The van der Waals surface area contributed by atoms with E-state index in [1.807, 2.05) is 42.5 Å². The highest BCUT2D eigenvalue weighted by molar-refractivity contribution is 5.96. The van der Waals surface area contributed by atoms with Crippen molar-refractivity contribution in [2.24, 2.45) is 0 Å². The van der Waals surface area contributed by atoms with Crippen molar-refractivity contribution < 1.29 is 4.79 Å². The fraction of sp³-hybridized carbons (Fsp3) is 0.115. The van der Waals surface area contributed by atoms with Crippen LogP contribution in [0.4, 0.5) is 0 Å². The molecule has 0 saturated heterocycles. The van der Waals surface area contributed by atoms with Crippen LogP contribution in [0, 0.1) is 5.41 Å². The maximum atomic E-state index is 13.3. The Hall–Kier alpha value is -4.59. The van der Waals surface area contributed by atoms with Crippen LogP contribution in [0.15, 0.2) is 90.1 Å². The van der Waals surface area contributed by atoms with Crippen LogP contribution in [-0.2, 0) is 13.0 Å². The van der Waals surface area contributed by atoms with Gasteiger partial charge in [-0.25, -0.2) is 4.98 Å². The quantitative estimate of drug-likeness (QED) is 0.388. The zero-order chi connectivity index (χ0) is 23.5. The molecule has 8 nitrogen and oxygen atoms in total. The Kier molecular flexibility index (Phi) is 5.70. The van der Waals surface area contributed by atoms with Gasteiger partial charge in [0.1, 0.15) is 16.8 Å². The fourth-order valence-electron chi connectivity index (χ4n) is 3.95. The Morgan fingerprint density at radius 1 is 0.971 bits per heavy atom. The zero-order valence-electron chi connectivity index (χ0n) is 18.3. The van der Waals surface area contributed by atoms with E-state index in [4.69, 9.17) is 5.41 Å². The summed E-state index contributed by atoms with van der Waals surface area (Å²) in [6, 6.07) is 20.3. The molecule has 2 N–H and O–H groups in total. The number of nitrogens with zero attached hydrogens (tertiary/aromatic N) is 4. The van der Waals surface area contributed by atoms with E-state index in [0.29, 0.717) is 24.3 Å². The lowest BCUT2D eigenvalue weighted by molar-refractivity contribution is 0.0951. The number of carbonyl (C=O) groups is 1. The third-order valence-electron chi connectivity index (χ3n) is 5.70. The van der Waals surface area contributed by atoms with Crippen molar-refractivity contribution in [3.8, 4) is 0 Å². The van der Waals surface area contributed by atoms with E-state index in [-0.39, 0.29) is 28.5 Å². The Labute approximate surface area is 194 Å². The number of rotatable bonds is 6. The second-order valence-electron chi connectivity index (χ2n) is 7.92. The molecular formula is C26H22N6O2. The molecule has 0 aliphatic carbocycles.